The lowest BCUT2D eigenvalue weighted by atomic mass is 9.91. The Morgan fingerprint density at radius 3 is 3.05 bits per heavy atom. The Labute approximate surface area is 118 Å². The largest absolute Gasteiger partial charge is 0.451 e. The van der Waals surface area contributed by atoms with Crippen molar-refractivity contribution in [1.82, 2.24) is 10.3 Å². The van der Waals surface area contributed by atoms with Gasteiger partial charge in [0.2, 0.25) is 0 Å². The number of nitrogens with one attached hydrogen (secondary N) is 1. The predicted octanol–water partition coefficient (Wildman–Crippen LogP) is 2.60. The van der Waals surface area contributed by atoms with E-state index in [9.17, 15) is 0 Å². The van der Waals surface area contributed by atoms with Crippen LogP contribution in [0.15, 0.2) is 35.3 Å². The van der Waals surface area contributed by atoms with E-state index in [4.69, 9.17) is 9.15 Å². The van der Waals surface area contributed by atoms with Gasteiger partial charge in [-0.1, -0.05) is 18.2 Å². The van der Waals surface area contributed by atoms with E-state index in [2.05, 4.69) is 28.5 Å². The van der Waals surface area contributed by atoms with E-state index in [1.165, 1.54) is 17.5 Å². The molecule has 0 radical (unpaired) electrons. The van der Waals surface area contributed by atoms with Crippen LogP contribution < -0.4 is 5.32 Å². The quantitative estimate of drug-likeness (QED) is 0.939. The van der Waals surface area contributed by atoms with Gasteiger partial charge < -0.3 is 14.5 Å². The van der Waals surface area contributed by atoms with Crippen molar-refractivity contribution in [3.63, 3.8) is 0 Å². The summed E-state index contributed by atoms with van der Waals surface area (Å²) in [6, 6.07) is 6.29. The molecule has 1 aliphatic rings. The third-order valence-electron chi connectivity index (χ3n) is 3.33. The van der Waals surface area contributed by atoms with E-state index < -0.39 is 0 Å². The van der Waals surface area contributed by atoms with Gasteiger partial charge in [0.1, 0.15) is 12.0 Å². The lowest BCUT2D eigenvalue weighted by molar-refractivity contribution is 0.0440. The van der Waals surface area contributed by atoms with Crippen LogP contribution in [0.3, 0.4) is 0 Å². The zero-order chi connectivity index (χ0) is 12.4. The molecule has 0 saturated heterocycles. The molecule has 0 saturated carbocycles. The molecule has 1 aromatic heterocycles. The molecule has 0 amide bonds. The van der Waals surface area contributed by atoms with E-state index in [0.29, 0.717) is 0 Å². The number of aromatic nitrogens is 1. The van der Waals surface area contributed by atoms with Crippen LogP contribution >= 0.6 is 12.4 Å². The molecule has 2 aromatic rings. The highest BCUT2D eigenvalue weighted by molar-refractivity contribution is 5.85. The van der Waals surface area contributed by atoms with Crippen LogP contribution in [0.25, 0.3) is 11.3 Å². The lowest BCUT2D eigenvalue weighted by Gasteiger charge is -2.27. The van der Waals surface area contributed by atoms with E-state index >= 15 is 0 Å². The van der Waals surface area contributed by atoms with Gasteiger partial charge in [0, 0.05) is 12.1 Å². The smallest absolute Gasteiger partial charge is 0.181 e. The second-order valence-electron chi connectivity index (χ2n) is 4.41. The molecule has 1 atom stereocenters. The summed E-state index contributed by atoms with van der Waals surface area (Å²) in [6.07, 6.45) is 4.22. The fourth-order valence-electron chi connectivity index (χ4n) is 2.52. The molecule has 102 valence electrons. The number of hydrogen-bond acceptors (Lipinski definition) is 4. The maximum atomic E-state index is 5.81. The molecular formula is C14H17ClN2O2. The van der Waals surface area contributed by atoms with Crippen LogP contribution in [0.4, 0.5) is 0 Å². The van der Waals surface area contributed by atoms with E-state index in [0.717, 1.165) is 30.8 Å². The average Bonchev–Trinajstić information content (AvgIpc) is 2.93. The van der Waals surface area contributed by atoms with Gasteiger partial charge in [-0.15, -0.1) is 12.4 Å². The Hall–Kier alpha value is -1.36. The van der Waals surface area contributed by atoms with E-state index in [1.54, 1.807) is 6.26 Å². The molecule has 1 N–H and O–H groups in total. The number of rotatable bonds is 3. The van der Waals surface area contributed by atoms with Crippen LogP contribution in [0.2, 0.25) is 0 Å². The number of fused-ring (bicyclic) bond motifs is 1. The molecule has 3 rings (SSSR count). The molecule has 5 heteroatoms. The van der Waals surface area contributed by atoms with Gasteiger partial charge in [-0.3, -0.25) is 0 Å². The third-order valence-corrected chi connectivity index (χ3v) is 3.33. The highest BCUT2D eigenvalue weighted by Gasteiger charge is 2.23. The van der Waals surface area contributed by atoms with Crippen molar-refractivity contribution < 1.29 is 9.15 Å². The first-order valence-corrected chi connectivity index (χ1v) is 6.16. The molecule has 0 bridgehead atoms. The zero-order valence-corrected chi connectivity index (χ0v) is 11.6. The number of halogens is 1. The first-order valence-electron chi connectivity index (χ1n) is 6.16. The first kappa shape index (κ1) is 14.1. The van der Waals surface area contributed by atoms with Crippen LogP contribution in [-0.2, 0) is 11.2 Å². The van der Waals surface area contributed by atoms with Gasteiger partial charge >= 0.3 is 0 Å². The van der Waals surface area contributed by atoms with Gasteiger partial charge in [-0.2, -0.15) is 0 Å². The zero-order valence-electron chi connectivity index (χ0n) is 10.8. The van der Waals surface area contributed by atoms with Gasteiger partial charge in [0.05, 0.1) is 12.7 Å². The summed E-state index contributed by atoms with van der Waals surface area (Å²) in [6.45, 7) is 1.59. The summed E-state index contributed by atoms with van der Waals surface area (Å²) >= 11 is 0. The minimum atomic E-state index is 0. The number of hydrogen-bond donors (Lipinski definition) is 1. The first-order chi connectivity index (χ1) is 8.90. The monoisotopic (exact) mass is 280 g/mol. The highest BCUT2D eigenvalue weighted by Crippen LogP contribution is 2.33. The highest BCUT2D eigenvalue weighted by atomic mass is 35.5. The van der Waals surface area contributed by atoms with Gasteiger partial charge in [-0.05, 0) is 24.6 Å². The van der Waals surface area contributed by atoms with Gasteiger partial charge in [0.15, 0.2) is 6.39 Å². The molecule has 0 fully saturated rings. The van der Waals surface area contributed by atoms with Crippen molar-refractivity contribution in [1.29, 1.82) is 0 Å². The number of oxazole rings is 1. The summed E-state index contributed by atoms with van der Waals surface area (Å²) in [5.74, 6) is 0. The summed E-state index contributed by atoms with van der Waals surface area (Å²) < 4.78 is 10.9. The summed E-state index contributed by atoms with van der Waals surface area (Å²) in [4.78, 5) is 4.24. The number of ether oxygens (including phenoxy) is 1. The molecule has 0 aliphatic carbocycles. The molecule has 0 spiro atoms. The molecule has 1 aliphatic heterocycles. The lowest BCUT2D eigenvalue weighted by Crippen LogP contribution is -2.25. The molecule has 2 heterocycles. The Bertz CT molecular complexity index is 528. The Kier molecular flexibility index (Phi) is 4.58. The maximum Gasteiger partial charge on any atom is 0.181 e. The van der Waals surface area contributed by atoms with Crippen LogP contribution in [0, 0.1) is 0 Å². The molecule has 1 aromatic carbocycles. The van der Waals surface area contributed by atoms with E-state index in [1.807, 2.05) is 7.05 Å². The second-order valence-corrected chi connectivity index (χ2v) is 4.41. The molecule has 4 nitrogen and oxygen atoms in total. The number of benzene rings is 1. The van der Waals surface area contributed by atoms with E-state index in [-0.39, 0.29) is 18.5 Å². The second kappa shape index (κ2) is 6.19. The fourth-order valence-corrected chi connectivity index (χ4v) is 2.52. The van der Waals surface area contributed by atoms with Gasteiger partial charge in [-0.25, -0.2) is 4.98 Å². The average molecular weight is 281 g/mol. The standard InChI is InChI=1S/C14H16N2O2.ClH/c1-15-7-14-12-4-2-3-11(10(12)5-6-18-14)13-8-17-9-16-13;/h2-4,8-9,14-15H,5-7H2,1H3;1H/t14-;/m0./s1. The molecular weight excluding hydrogens is 264 g/mol. The van der Waals surface area contributed by atoms with Gasteiger partial charge in [0.25, 0.3) is 0 Å². The van der Waals surface area contributed by atoms with Crippen molar-refractivity contribution in [3.05, 3.63) is 42.0 Å². The normalized spacial score (nSPS) is 17.6. The number of nitrogens with zero attached hydrogens (tertiary/aromatic N) is 1. The fraction of sp³-hybridized carbons (Fsp3) is 0.357. The van der Waals surface area contributed by atoms with Crippen molar-refractivity contribution in [2.45, 2.75) is 12.5 Å². The third kappa shape index (κ3) is 2.66. The topological polar surface area (TPSA) is 47.3 Å². The van der Waals surface area contributed by atoms with Crippen molar-refractivity contribution in [3.8, 4) is 11.3 Å². The number of likely N-dealkylation sites (N-methyl/N-ethyl adjacent to an activating group) is 1. The summed E-state index contributed by atoms with van der Waals surface area (Å²) in [5.41, 5.74) is 4.65. The summed E-state index contributed by atoms with van der Waals surface area (Å²) in [5, 5.41) is 3.17. The minimum absolute atomic E-state index is 0. The Morgan fingerprint density at radius 2 is 2.32 bits per heavy atom. The SMILES string of the molecule is CNC[C@@H]1OCCc2c(-c3cocn3)cccc21.Cl. The maximum absolute atomic E-state index is 5.81. The van der Waals surface area contributed by atoms with Crippen LogP contribution in [0.1, 0.15) is 17.2 Å². The Balaban J connectivity index is 0.00000133. The summed E-state index contributed by atoms with van der Waals surface area (Å²) in [7, 11) is 1.94. The van der Waals surface area contributed by atoms with Crippen molar-refractivity contribution >= 4 is 12.4 Å². The van der Waals surface area contributed by atoms with Crippen LogP contribution in [0.5, 0.6) is 0 Å². The minimum Gasteiger partial charge on any atom is -0.451 e. The molecule has 0 unspecified atom stereocenters. The van der Waals surface area contributed by atoms with Crippen molar-refractivity contribution in [2.75, 3.05) is 20.2 Å². The van der Waals surface area contributed by atoms with Crippen LogP contribution in [-0.4, -0.2) is 25.2 Å². The Morgan fingerprint density at radius 1 is 1.42 bits per heavy atom. The van der Waals surface area contributed by atoms with Crippen molar-refractivity contribution in [2.24, 2.45) is 0 Å². The molecule has 19 heavy (non-hydrogen) atoms. The predicted molar refractivity (Wildman–Crippen MR) is 75.5 cm³/mol.